The average molecular weight is 301 g/mol. The molecular weight excluding hydrogens is 278 g/mol. The molecule has 0 spiro atoms. The van der Waals surface area contributed by atoms with Crippen LogP contribution in [0.1, 0.15) is 54.2 Å². The highest BCUT2D eigenvalue weighted by Crippen LogP contribution is 2.31. The molecule has 0 atom stereocenters. The summed E-state index contributed by atoms with van der Waals surface area (Å²) in [5.41, 5.74) is 1.63. The number of hydrogen-bond donors (Lipinski definition) is 1. The van der Waals surface area contributed by atoms with E-state index < -0.39 is 0 Å². The van der Waals surface area contributed by atoms with Crippen molar-refractivity contribution in [2.45, 2.75) is 44.6 Å². The molecule has 0 saturated heterocycles. The lowest BCUT2D eigenvalue weighted by molar-refractivity contribution is 0.0783. The van der Waals surface area contributed by atoms with Gasteiger partial charge in [0.15, 0.2) is 0 Å². The smallest absolute Gasteiger partial charge is 0.274 e. The highest BCUT2D eigenvalue weighted by atomic mass is 16.2. The number of hydrogen-bond acceptors (Lipinski definition) is 3. The molecule has 0 aromatic carbocycles. The summed E-state index contributed by atoms with van der Waals surface area (Å²) >= 11 is 0. The van der Waals surface area contributed by atoms with Gasteiger partial charge in [-0.05, 0) is 25.0 Å². The normalized spacial score (nSPS) is 15.9. The summed E-state index contributed by atoms with van der Waals surface area (Å²) in [6.07, 6.45) is 9.91. The van der Waals surface area contributed by atoms with E-state index in [2.05, 4.69) is 15.3 Å². The van der Waals surface area contributed by atoms with Crippen LogP contribution in [0.5, 0.6) is 0 Å². The highest BCUT2D eigenvalue weighted by molar-refractivity contribution is 5.92. The molecule has 1 amide bonds. The van der Waals surface area contributed by atoms with Crippen molar-refractivity contribution in [2.75, 3.05) is 13.6 Å². The molecule has 0 bridgehead atoms. The van der Waals surface area contributed by atoms with Gasteiger partial charge in [0.2, 0.25) is 0 Å². The van der Waals surface area contributed by atoms with Crippen LogP contribution in [0.4, 0.5) is 0 Å². The molecule has 3 rings (SSSR count). The largest absolute Gasteiger partial charge is 0.338 e. The molecule has 6 nitrogen and oxygen atoms in total. The van der Waals surface area contributed by atoms with Gasteiger partial charge < -0.3 is 4.90 Å². The Bertz CT molecular complexity index is 598. The Balaban J connectivity index is 1.58. The van der Waals surface area contributed by atoms with E-state index in [0.717, 1.165) is 5.69 Å². The van der Waals surface area contributed by atoms with E-state index in [1.54, 1.807) is 18.1 Å². The lowest BCUT2D eigenvalue weighted by atomic mass is 9.87. The minimum Gasteiger partial charge on any atom is -0.338 e. The second-order valence-corrected chi connectivity index (χ2v) is 6.04. The summed E-state index contributed by atoms with van der Waals surface area (Å²) < 4.78 is 1.82. The maximum absolute atomic E-state index is 12.4. The number of nitrogens with zero attached hydrogens (tertiary/aromatic N) is 4. The molecule has 22 heavy (non-hydrogen) atoms. The molecule has 118 valence electrons. The third kappa shape index (κ3) is 3.37. The Morgan fingerprint density at radius 1 is 1.41 bits per heavy atom. The molecule has 2 heterocycles. The van der Waals surface area contributed by atoms with Gasteiger partial charge in [0, 0.05) is 37.6 Å². The fraction of sp³-hybridized carbons (Fsp3) is 0.562. The fourth-order valence-electron chi connectivity index (χ4n) is 3.05. The number of carbonyl (C=O) groups is 1. The van der Waals surface area contributed by atoms with E-state index in [-0.39, 0.29) is 5.91 Å². The van der Waals surface area contributed by atoms with E-state index >= 15 is 0 Å². The number of amides is 1. The van der Waals surface area contributed by atoms with E-state index in [0.29, 0.717) is 24.7 Å². The van der Waals surface area contributed by atoms with Gasteiger partial charge in [0.1, 0.15) is 5.69 Å². The Hall–Kier alpha value is -2.11. The number of aromatic nitrogens is 4. The molecule has 2 aromatic rings. The summed E-state index contributed by atoms with van der Waals surface area (Å²) in [5.74, 6) is 0.502. The number of carbonyl (C=O) groups excluding carboxylic acids is 1. The molecule has 6 heteroatoms. The van der Waals surface area contributed by atoms with Crippen LogP contribution in [-0.4, -0.2) is 44.4 Å². The standard InChI is InChI=1S/C16H23N5O/c1-20(10-11-21-9-5-8-17-21)16(22)15-12-14(18-19-15)13-6-3-2-4-7-13/h5,8-9,12-13H,2-4,6-7,10-11H2,1H3,(H,18,19). The minimum atomic E-state index is -0.0366. The number of H-pyrrole nitrogens is 1. The van der Waals surface area contributed by atoms with Crippen LogP contribution in [0.3, 0.4) is 0 Å². The van der Waals surface area contributed by atoms with Crippen LogP contribution in [-0.2, 0) is 6.54 Å². The summed E-state index contributed by atoms with van der Waals surface area (Å²) in [5, 5.41) is 11.4. The summed E-state index contributed by atoms with van der Waals surface area (Å²) in [4.78, 5) is 14.1. The van der Waals surface area contributed by atoms with Gasteiger partial charge in [0.05, 0.1) is 6.54 Å². The third-order valence-corrected chi connectivity index (χ3v) is 4.43. The summed E-state index contributed by atoms with van der Waals surface area (Å²) in [6, 6.07) is 3.81. The number of likely N-dealkylation sites (N-methyl/N-ethyl adjacent to an activating group) is 1. The van der Waals surface area contributed by atoms with Crippen molar-refractivity contribution in [2.24, 2.45) is 0 Å². The van der Waals surface area contributed by atoms with Gasteiger partial charge in [-0.1, -0.05) is 19.3 Å². The molecule has 1 aliphatic carbocycles. The van der Waals surface area contributed by atoms with Crippen molar-refractivity contribution in [3.05, 3.63) is 35.9 Å². The van der Waals surface area contributed by atoms with Gasteiger partial charge in [-0.3, -0.25) is 14.6 Å². The second kappa shape index (κ2) is 6.77. The lowest BCUT2D eigenvalue weighted by Gasteiger charge is -2.19. The Labute approximate surface area is 130 Å². The number of nitrogens with one attached hydrogen (secondary N) is 1. The fourth-order valence-corrected chi connectivity index (χ4v) is 3.05. The average Bonchev–Trinajstić information content (AvgIpc) is 3.24. The van der Waals surface area contributed by atoms with Crippen molar-refractivity contribution in [3.8, 4) is 0 Å². The predicted octanol–water partition coefficient (Wildman–Crippen LogP) is 2.43. The molecule has 1 aliphatic rings. The highest BCUT2D eigenvalue weighted by Gasteiger charge is 2.21. The first-order valence-electron chi connectivity index (χ1n) is 8.02. The first kappa shape index (κ1) is 14.8. The van der Waals surface area contributed by atoms with Crippen molar-refractivity contribution in [3.63, 3.8) is 0 Å². The zero-order valence-corrected chi connectivity index (χ0v) is 13.0. The summed E-state index contributed by atoms with van der Waals surface area (Å²) in [6.45, 7) is 1.31. The molecule has 0 unspecified atom stereocenters. The van der Waals surface area contributed by atoms with Gasteiger partial charge in [-0.2, -0.15) is 10.2 Å². The maximum Gasteiger partial charge on any atom is 0.274 e. The molecular formula is C16H23N5O. The van der Waals surface area contributed by atoms with Crippen molar-refractivity contribution < 1.29 is 4.79 Å². The van der Waals surface area contributed by atoms with Crippen molar-refractivity contribution in [1.82, 2.24) is 24.9 Å². The summed E-state index contributed by atoms with van der Waals surface area (Å²) in [7, 11) is 1.81. The third-order valence-electron chi connectivity index (χ3n) is 4.43. The Kier molecular flexibility index (Phi) is 4.56. The van der Waals surface area contributed by atoms with Crippen molar-refractivity contribution in [1.29, 1.82) is 0 Å². The van der Waals surface area contributed by atoms with Crippen LogP contribution in [0.25, 0.3) is 0 Å². The molecule has 1 N–H and O–H groups in total. The molecule has 1 fully saturated rings. The SMILES string of the molecule is CN(CCn1cccn1)C(=O)c1cc(C2CCCCC2)[nH]n1. The van der Waals surface area contributed by atoms with Crippen LogP contribution < -0.4 is 0 Å². The number of aromatic amines is 1. The molecule has 2 aromatic heterocycles. The first-order chi connectivity index (χ1) is 10.7. The molecule has 0 radical (unpaired) electrons. The van der Waals surface area contributed by atoms with Gasteiger partial charge >= 0.3 is 0 Å². The minimum absolute atomic E-state index is 0.0366. The lowest BCUT2D eigenvalue weighted by Crippen LogP contribution is -2.30. The predicted molar refractivity (Wildman–Crippen MR) is 83.6 cm³/mol. The van der Waals surface area contributed by atoms with Gasteiger partial charge in [-0.15, -0.1) is 0 Å². The maximum atomic E-state index is 12.4. The monoisotopic (exact) mass is 301 g/mol. The van der Waals surface area contributed by atoms with Gasteiger partial charge in [-0.25, -0.2) is 0 Å². The second-order valence-electron chi connectivity index (χ2n) is 6.04. The van der Waals surface area contributed by atoms with E-state index in [4.69, 9.17) is 0 Å². The zero-order chi connectivity index (χ0) is 15.4. The van der Waals surface area contributed by atoms with Gasteiger partial charge in [0.25, 0.3) is 5.91 Å². The van der Waals surface area contributed by atoms with E-state index in [1.165, 1.54) is 32.1 Å². The van der Waals surface area contributed by atoms with Crippen LogP contribution in [0, 0.1) is 0 Å². The number of rotatable bonds is 5. The quantitative estimate of drug-likeness (QED) is 0.922. The van der Waals surface area contributed by atoms with Crippen LogP contribution >= 0.6 is 0 Å². The Morgan fingerprint density at radius 2 is 2.23 bits per heavy atom. The van der Waals surface area contributed by atoms with E-state index in [1.807, 2.05) is 23.0 Å². The Morgan fingerprint density at radius 3 is 2.95 bits per heavy atom. The van der Waals surface area contributed by atoms with Crippen molar-refractivity contribution >= 4 is 5.91 Å². The van der Waals surface area contributed by atoms with Crippen LogP contribution in [0.15, 0.2) is 24.5 Å². The molecule has 1 saturated carbocycles. The topological polar surface area (TPSA) is 66.8 Å². The van der Waals surface area contributed by atoms with Crippen LogP contribution in [0.2, 0.25) is 0 Å². The first-order valence-corrected chi connectivity index (χ1v) is 8.02. The zero-order valence-electron chi connectivity index (χ0n) is 13.0. The molecule has 0 aliphatic heterocycles. The van der Waals surface area contributed by atoms with E-state index in [9.17, 15) is 4.79 Å².